The molecule has 0 saturated carbocycles. The van der Waals surface area contributed by atoms with Gasteiger partial charge in [-0.3, -0.25) is 0 Å². The summed E-state index contributed by atoms with van der Waals surface area (Å²) in [6, 6.07) is 0. The number of hydrogen-bond donors (Lipinski definition) is 0. The average molecular weight is 124 g/mol. The van der Waals surface area contributed by atoms with Crippen molar-refractivity contribution < 1.29 is 14.3 Å². The number of hydrogen-bond acceptors (Lipinski definition) is 2. The van der Waals surface area contributed by atoms with Crippen LogP contribution in [0.15, 0.2) is 0 Å². The Labute approximate surface area is 46.0 Å². The molecule has 44 valence electrons. The Kier molecular flexibility index (Phi) is 2.69. The molecule has 3 nitrogen and oxygen atoms in total. The van der Waals surface area contributed by atoms with Crippen molar-refractivity contribution in [3.63, 3.8) is 0 Å². The Morgan fingerprint density at radius 1 is 1.43 bits per heavy atom. The molecule has 1 unspecified atom stereocenters. The molecule has 0 saturated heterocycles. The Bertz CT molecular complexity index is 50.9. The van der Waals surface area contributed by atoms with Gasteiger partial charge >= 0.3 is 0 Å². The fourth-order valence-electron chi connectivity index (χ4n) is 0.0430. The fourth-order valence-corrected chi connectivity index (χ4v) is 0.129. The third kappa shape index (κ3) is 2.94. The highest BCUT2D eigenvalue weighted by molar-refractivity contribution is 7.09. The first kappa shape index (κ1) is 7.31. The summed E-state index contributed by atoms with van der Waals surface area (Å²) >= 11 is 0. The molecule has 0 aromatic rings. The molecule has 4 heteroatoms. The minimum absolute atomic E-state index is 0.102. The second-order valence-electron chi connectivity index (χ2n) is 1.54. The summed E-state index contributed by atoms with van der Waals surface area (Å²) in [6.07, 6.45) is 0. The molecule has 0 radical (unpaired) electrons. The van der Waals surface area contributed by atoms with Gasteiger partial charge in [0.1, 0.15) is 14.1 Å². The van der Waals surface area contributed by atoms with E-state index in [4.69, 9.17) is 9.46 Å². The first-order chi connectivity index (χ1) is 3.12. The molecule has 0 rings (SSSR count). The standard InChI is InChI=1S/C3H11NO2P/c1-4(2,5-3)6-7/h7H2,1-3H3/q+1. The van der Waals surface area contributed by atoms with Gasteiger partial charge in [-0.15, -0.1) is 0 Å². The smallest absolute Gasteiger partial charge is 0.132 e. The lowest BCUT2D eigenvalue weighted by atomic mass is 11.2. The quantitative estimate of drug-likeness (QED) is 0.300. The summed E-state index contributed by atoms with van der Waals surface area (Å²) in [4.78, 5) is 4.88. The third-order valence-corrected chi connectivity index (χ3v) is 1.20. The number of quaternary nitrogens is 1. The topological polar surface area (TPSA) is 18.5 Å². The third-order valence-electron chi connectivity index (χ3n) is 0.694. The second-order valence-corrected chi connectivity index (χ2v) is 1.75. The summed E-state index contributed by atoms with van der Waals surface area (Å²) in [7, 11) is 7.23. The minimum atomic E-state index is 0.102. The average Bonchev–Trinajstić information content (AvgIpc) is 1.68. The lowest BCUT2D eigenvalue weighted by Gasteiger charge is -2.18. The van der Waals surface area contributed by atoms with E-state index < -0.39 is 0 Å². The van der Waals surface area contributed by atoms with E-state index in [1.165, 1.54) is 0 Å². The minimum Gasteiger partial charge on any atom is -0.172 e. The maximum atomic E-state index is 4.78. The molecule has 0 amide bonds. The highest BCUT2D eigenvalue weighted by Gasteiger charge is 2.10. The van der Waals surface area contributed by atoms with Crippen LogP contribution < -0.4 is 0 Å². The van der Waals surface area contributed by atoms with Crippen LogP contribution >= 0.6 is 9.47 Å². The van der Waals surface area contributed by atoms with E-state index in [-0.39, 0.29) is 4.81 Å². The van der Waals surface area contributed by atoms with Gasteiger partial charge in [-0.2, -0.15) is 9.46 Å². The van der Waals surface area contributed by atoms with Crippen molar-refractivity contribution in [1.29, 1.82) is 0 Å². The highest BCUT2D eigenvalue weighted by Crippen LogP contribution is 2.01. The van der Waals surface area contributed by atoms with Gasteiger partial charge in [0.15, 0.2) is 0 Å². The van der Waals surface area contributed by atoms with E-state index in [1.807, 2.05) is 0 Å². The fraction of sp³-hybridized carbons (Fsp3) is 1.00. The molecule has 0 aliphatic rings. The molecule has 0 aromatic heterocycles. The summed E-state index contributed by atoms with van der Waals surface area (Å²) in [5.41, 5.74) is 0. The van der Waals surface area contributed by atoms with Gasteiger partial charge in [-0.05, 0) is 4.81 Å². The largest absolute Gasteiger partial charge is 0.172 e. The lowest BCUT2D eigenvalue weighted by molar-refractivity contribution is -1.20. The Balaban J connectivity index is 3.36. The molecule has 0 aliphatic heterocycles. The van der Waals surface area contributed by atoms with Gasteiger partial charge in [0.2, 0.25) is 0 Å². The zero-order valence-electron chi connectivity index (χ0n) is 4.84. The van der Waals surface area contributed by atoms with E-state index >= 15 is 0 Å². The molecule has 0 spiro atoms. The summed E-state index contributed by atoms with van der Waals surface area (Å²) in [5, 5.41) is 0. The SMILES string of the molecule is CO[N+](C)(C)OP. The van der Waals surface area contributed by atoms with Crippen molar-refractivity contribution in [3.8, 4) is 0 Å². The number of nitrogens with zero attached hydrogens (tertiary/aromatic N) is 1. The molecule has 0 N–H and O–H groups in total. The van der Waals surface area contributed by atoms with Gasteiger partial charge in [-0.1, -0.05) is 0 Å². The van der Waals surface area contributed by atoms with Gasteiger partial charge in [0.05, 0.1) is 16.6 Å². The van der Waals surface area contributed by atoms with E-state index in [0.717, 1.165) is 0 Å². The van der Waals surface area contributed by atoms with Gasteiger partial charge in [-0.25, -0.2) is 0 Å². The van der Waals surface area contributed by atoms with E-state index in [9.17, 15) is 0 Å². The van der Waals surface area contributed by atoms with Crippen molar-refractivity contribution in [2.24, 2.45) is 0 Å². The molecule has 7 heavy (non-hydrogen) atoms. The Morgan fingerprint density at radius 3 is 1.86 bits per heavy atom. The van der Waals surface area contributed by atoms with Crippen LogP contribution in [0.4, 0.5) is 0 Å². The predicted octanol–water partition coefficient (Wildman–Crippen LogP) is 0.346. The van der Waals surface area contributed by atoms with E-state index in [0.29, 0.717) is 0 Å². The highest BCUT2D eigenvalue weighted by atomic mass is 31.0. The van der Waals surface area contributed by atoms with Crippen molar-refractivity contribution in [2.45, 2.75) is 0 Å². The summed E-state index contributed by atoms with van der Waals surface area (Å²) in [5.74, 6) is 0. The van der Waals surface area contributed by atoms with Crippen LogP contribution in [0, 0.1) is 0 Å². The maximum absolute atomic E-state index is 4.78. The predicted molar refractivity (Wildman–Crippen MR) is 29.9 cm³/mol. The van der Waals surface area contributed by atoms with Crippen LogP contribution in [-0.4, -0.2) is 26.0 Å². The van der Waals surface area contributed by atoms with Gasteiger partial charge in [0, 0.05) is 0 Å². The zero-order valence-corrected chi connectivity index (χ0v) is 6.00. The number of hydroxylamine groups is 4. The van der Waals surface area contributed by atoms with Crippen LogP contribution in [0.5, 0.6) is 0 Å². The lowest BCUT2D eigenvalue weighted by Crippen LogP contribution is -2.34. The van der Waals surface area contributed by atoms with E-state index in [1.54, 1.807) is 21.2 Å². The van der Waals surface area contributed by atoms with Crippen molar-refractivity contribution in [2.75, 3.05) is 21.2 Å². The van der Waals surface area contributed by atoms with Crippen LogP contribution in [0.1, 0.15) is 0 Å². The Morgan fingerprint density at radius 2 is 1.86 bits per heavy atom. The normalized spacial score (nSPS) is 12.0. The van der Waals surface area contributed by atoms with Crippen LogP contribution in [0.2, 0.25) is 0 Å². The molecule has 1 atom stereocenters. The summed E-state index contributed by atoms with van der Waals surface area (Å²) in [6.45, 7) is 0. The Hall–Kier alpha value is 0.310. The number of rotatable bonds is 2. The van der Waals surface area contributed by atoms with Gasteiger partial charge < -0.3 is 0 Å². The van der Waals surface area contributed by atoms with E-state index in [2.05, 4.69) is 9.47 Å². The molecular weight excluding hydrogens is 113 g/mol. The molecule has 0 heterocycles. The second kappa shape index (κ2) is 2.58. The van der Waals surface area contributed by atoms with Crippen LogP contribution in [-0.2, 0) is 9.46 Å². The van der Waals surface area contributed by atoms with Gasteiger partial charge in [0.25, 0.3) is 0 Å². The first-order valence-electron chi connectivity index (χ1n) is 1.90. The monoisotopic (exact) mass is 124 g/mol. The van der Waals surface area contributed by atoms with Crippen LogP contribution in [0.3, 0.4) is 0 Å². The zero-order chi connectivity index (χ0) is 5.91. The van der Waals surface area contributed by atoms with Crippen molar-refractivity contribution >= 4 is 9.47 Å². The van der Waals surface area contributed by atoms with Crippen LogP contribution in [0.25, 0.3) is 0 Å². The van der Waals surface area contributed by atoms with Crippen molar-refractivity contribution in [3.05, 3.63) is 0 Å². The summed E-state index contributed by atoms with van der Waals surface area (Å²) < 4.78 is 4.72. The molecule has 0 bridgehead atoms. The molecule has 0 fully saturated rings. The molecule has 0 aromatic carbocycles. The molecular formula is C3H11NO2P+. The first-order valence-corrected chi connectivity index (χ1v) is 2.37. The molecule has 0 aliphatic carbocycles. The maximum Gasteiger partial charge on any atom is 0.132 e. The van der Waals surface area contributed by atoms with Crippen molar-refractivity contribution in [1.82, 2.24) is 0 Å².